The smallest absolute Gasteiger partial charge is 0.257 e. The molecule has 0 atom stereocenters. The molecule has 2 heterocycles. The number of anilines is 1. The highest BCUT2D eigenvalue weighted by molar-refractivity contribution is 6.06. The van der Waals surface area contributed by atoms with Crippen LogP contribution in [0.3, 0.4) is 0 Å². The Labute approximate surface area is 134 Å². The largest absolute Gasteiger partial charge is 0.454 e. The van der Waals surface area contributed by atoms with Gasteiger partial charge in [-0.25, -0.2) is 4.39 Å². The van der Waals surface area contributed by atoms with E-state index in [4.69, 9.17) is 9.47 Å². The first-order valence-electron chi connectivity index (χ1n) is 6.94. The van der Waals surface area contributed by atoms with Crippen molar-refractivity contribution in [2.24, 2.45) is 0 Å². The predicted molar refractivity (Wildman–Crippen MR) is 79.6 cm³/mol. The van der Waals surface area contributed by atoms with Crippen LogP contribution in [0.25, 0.3) is 5.69 Å². The molecule has 0 spiro atoms. The number of amides is 1. The molecule has 1 amide bonds. The second kappa shape index (κ2) is 5.61. The number of carbonyl (C=O) groups is 1. The average molecular weight is 327 g/mol. The van der Waals surface area contributed by atoms with Crippen LogP contribution in [0.1, 0.15) is 10.4 Å². The second-order valence-electron chi connectivity index (χ2n) is 4.94. The first kappa shape index (κ1) is 14.1. The summed E-state index contributed by atoms with van der Waals surface area (Å²) in [5, 5.41) is 13.4. The van der Waals surface area contributed by atoms with Gasteiger partial charge in [0.05, 0.1) is 11.3 Å². The summed E-state index contributed by atoms with van der Waals surface area (Å²) in [4.78, 5) is 12.6. The Morgan fingerprint density at radius 1 is 1.17 bits per heavy atom. The first-order valence-corrected chi connectivity index (χ1v) is 6.94. The van der Waals surface area contributed by atoms with Crippen molar-refractivity contribution >= 4 is 11.6 Å². The molecule has 8 nitrogen and oxygen atoms in total. The molecular formula is C15H10FN5O3. The van der Waals surface area contributed by atoms with Crippen LogP contribution in [0.15, 0.2) is 42.7 Å². The van der Waals surface area contributed by atoms with E-state index in [-0.39, 0.29) is 18.0 Å². The number of rotatable bonds is 3. The SMILES string of the molecule is O=C(Nc1ccc2c(c1)OCO2)c1ccc(F)cc1-n1cnnn1. The Bertz CT molecular complexity index is 913. The number of carbonyl (C=O) groups excluding carboxylic acids is 1. The molecule has 3 aromatic rings. The van der Waals surface area contributed by atoms with E-state index in [9.17, 15) is 9.18 Å². The summed E-state index contributed by atoms with van der Waals surface area (Å²) in [6.07, 6.45) is 1.28. The Morgan fingerprint density at radius 3 is 2.88 bits per heavy atom. The molecule has 2 aromatic carbocycles. The highest BCUT2D eigenvalue weighted by Gasteiger charge is 2.17. The topological polar surface area (TPSA) is 91.2 Å². The highest BCUT2D eigenvalue weighted by Crippen LogP contribution is 2.34. The molecule has 9 heteroatoms. The monoisotopic (exact) mass is 327 g/mol. The van der Waals surface area contributed by atoms with Crippen LogP contribution in [0.2, 0.25) is 0 Å². The van der Waals surface area contributed by atoms with Crippen LogP contribution < -0.4 is 14.8 Å². The summed E-state index contributed by atoms with van der Waals surface area (Å²) >= 11 is 0. The minimum Gasteiger partial charge on any atom is -0.454 e. The molecule has 4 rings (SSSR count). The zero-order valence-corrected chi connectivity index (χ0v) is 12.1. The van der Waals surface area contributed by atoms with E-state index < -0.39 is 11.7 Å². The van der Waals surface area contributed by atoms with Crippen molar-refractivity contribution in [3.63, 3.8) is 0 Å². The van der Waals surface area contributed by atoms with E-state index in [0.717, 1.165) is 0 Å². The maximum absolute atomic E-state index is 13.5. The fourth-order valence-corrected chi connectivity index (χ4v) is 2.33. The second-order valence-corrected chi connectivity index (χ2v) is 4.94. The molecule has 1 aromatic heterocycles. The van der Waals surface area contributed by atoms with E-state index in [1.165, 1.54) is 29.2 Å². The number of tetrazole rings is 1. The number of hydrogen-bond donors (Lipinski definition) is 1. The van der Waals surface area contributed by atoms with E-state index in [2.05, 4.69) is 20.8 Å². The third kappa shape index (κ3) is 2.51. The van der Waals surface area contributed by atoms with Gasteiger partial charge in [0.2, 0.25) is 6.79 Å². The molecule has 120 valence electrons. The van der Waals surface area contributed by atoms with Gasteiger partial charge in [-0.1, -0.05) is 0 Å². The third-order valence-corrected chi connectivity index (χ3v) is 3.43. The summed E-state index contributed by atoms with van der Waals surface area (Å²) in [6, 6.07) is 8.79. The molecule has 0 saturated heterocycles. The van der Waals surface area contributed by atoms with Crippen molar-refractivity contribution in [2.75, 3.05) is 12.1 Å². The van der Waals surface area contributed by atoms with Gasteiger partial charge in [-0.3, -0.25) is 4.79 Å². The van der Waals surface area contributed by atoms with Crippen molar-refractivity contribution in [2.45, 2.75) is 0 Å². The molecule has 24 heavy (non-hydrogen) atoms. The number of benzene rings is 2. The number of nitrogens with zero attached hydrogens (tertiary/aromatic N) is 4. The Hall–Kier alpha value is -3.49. The van der Waals surface area contributed by atoms with Crippen LogP contribution in [-0.2, 0) is 0 Å². The lowest BCUT2D eigenvalue weighted by Crippen LogP contribution is -2.15. The lowest BCUT2D eigenvalue weighted by Gasteiger charge is -2.10. The number of aromatic nitrogens is 4. The van der Waals surface area contributed by atoms with Crippen LogP contribution in [0.5, 0.6) is 11.5 Å². The molecule has 1 aliphatic rings. The van der Waals surface area contributed by atoms with E-state index >= 15 is 0 Å². The normalized spacial score (nSPS) is 12.2. The van der Waals surface area contributed by atoms with Crippen LogP contribution in [0.4, 0.5) is 10.1 Å². The van der Waals surface area contributed by atoms with Gasteiger partial charge in [0.1, 0.15) is 12.1 Å². The molecular weight excluding hydrogens is 317 g/mol. The predicted octanol–water partition coefficient (Wildman–Crippen LogP) is 1.78. The summed E-state index contributed by atoms with van der Waals surface area (Å²) in [6.45, 7) is 0.147. The summed E-state index contributed by atoms with van der Waals surface area (Å²) in [5.41, 5.74) is 0.982. The highest BCUT2D eigenvalue weighted by atomic mass is 19.1. The van der Waals surface area contributed by atoms with Crippen LogP contribution in [-0.4, -0.2) is 32.9 Å². The Kier molecular flexibility index (Phi) is 3.30. The standard InChI is InChI=1S/C15H10FN5O3/c16-9-1-3-11(12(5-9)21-7-17-19-20-21)15(22)18-10-2-4-13-14(6-10)24-8-23-13/h1-7H,8H2,(H,18,22). The summed E-state index contributed by atoms with van der Waals surface area (Å²) in [7, 11) is 0. The van der Waals surface area contributed by atoms with Gasteiger partial charge in [0.15, 0.2) is 11.5 Å². The number of halogens is 1. The molecule has 0 aliphatic carbocycles. The van der Waals surface area contributed by atoms with Gasteiger partial charge < -0.3 is 14.8 Å². The molecule has 1 aliphatic heterocycles. The van der Waals surface area contributed by atoms with Gasteiger partial charge in [0.25, 0.3) is 5.91 Å². The Balaban J connectivity index is 1.65. The van der Waals surface area contributed by atoms with E-state index in [1.807, 2.05) is 0 Å². The zero-order valence-electron chi connectivity index (χ0n) is 12.1. The van der Waals surface area contributed by atoms with Crippen molar-refractivity contribution in [3.8, 4) is 17.2 Å². The van der Waals surface area contributed by atoms with Crippen molar-refractivity contribution < 1.29 is 18.7 Å². The zero-order chi connectivity index (χ0) is 16.5. The minimum atomic E-state index is -0.500. The van der Waals surface area contributed by atoms with Gasteiger partial charge >= 0.3 is 0 Å². The Morgan fingerprint density at radius 2 is 2.04 bits per heavy atom. The number of ether oxygens (including phenoxy) is 2. The third-order valence-electron chi connectivity index (χ3n) is 3.43. The van der Waals surface area contributed by atoms with Crippen molar-refractivity contribution in [3.05, 3.63) is 54.1 Å². The minimum absolute atomic E-state index is 0.147. The molecule has 0 unspecified atom stereocenters. The number of nitrogens with one attached hydrogen (secondary N) is 1. The molecule has 0 radical (unpaired) electrons. The molecule has 0 fully saturated rings. The van der Waals surface area contributed by atoms with E-state index in [0.29, 0.717) is 17.2 Å². The fourth-order valence-electron chi connectivity index (χ4n) is 2.33. The molecule has 1 N–H and O–H groups in total. The van der Waals surface area contributed by atoms with Crippen LogP contribution in [0, 0.1) is 5.82 Å². The average Bonchev–Trinajstić information content (AvgIpc) is 3.26. The lowest BCUT2D eigenvalue weighted by atomic mass is 10.1. The quantitative estimate of drug-likeness (QED) is 0.788. The van der Waals surface area contributed by atoms with Crippen molar-refractivity contribution in [1.29, 1.82) is 0 Å². The van der Waals surface area contributed by atoms with E-state index in [1.54, 1.807) is 18.2 Å². The van der Waals surface area contributed by atoms with Gasteiger partial charge in [0, 0.05) is 17.8 Å². The maximum atomic E-state index is 13.5. The summed E-state index contributed by atoms with van der Waals surface area (Å²) < 4.78 is 25.2. The molecule has 0 bridgehead atoms. The fraction of sp³-hybridized carbons (Fsp3) is 0.0667. The maximum Gasteiger partial charge on any atom is 0.257 e. The van der Waals surface area contributed by atoms with Gasteiger partial charge in [-0.2, -0.15) is 4.68 Å². The van der Waals surface area contributed by atoms with Crippen molar-refractivity contribution in [1.82, 2.24) is 20.2 Å². The first-order chi connectivity index (χ1) is 11.7. The number of fused-ring (bicyclic) bond motifs is 1. The van der Waals surface area contributed by atoms with Crippen LogP contribution >= 0.6 is 0 Å². The lowest BCUT2D eigenvalue weighted by molar-refractivity contribution is 0.102. The summed E-state index contributed by atoms with van der Waals surface area (Å²) in [5.74, 6) is 0.233. The van der Waals surface area contributed by atoms with Gasteiger partial charge in [-0.05, 0) is 34.7 Å². The molecule has 0 saturated carbocycles. The number of hydrogen-bond acceptors (Lipinski definition) is 6. The van der Waals surface area contributed by atoms with Gasteiger partial charge in [-0.15, -0.1) is 5.10 Å².